The second-order valence-corrected chi connectivity index (χ2v) is 7.69. The molecule has 0 bridgehead atoms. The summed E-state index contributed by atoms with van der Waals surface area (Å²) in [6.45, 7) is 7.77. The molecule has 0 radical (unpaired) electrons. The van der Waals surface area contributed by atoms with Crippen LogP contribution in [-0.2, 0) is 24.1 Å². The van der Waals surface area contributed by atoms with Crippen molar-refractivity contribution in [2.24, 2.45) is 0 Å². The highest BCUT2D eigenvalue weighted by Gasteiger charge is 2.26. The van der Waals surface area contributed by atoms with Gasteiger partial charge in [-0.05, 0) is 64.7 Å². The van der Waals surface area contributed by atoms with Gasteiger partial charge in [0.05, 0.1) is 5.52 Å². The van der Waals surface area contributed by atoms with E-state index in [0.717, 1.165) is 36.6 Å². The van der Waals surface area contributed by atoms with Crippen molar-refractivity contribution in [2.75, 3.05) is 0 Å². The Morgan fingerprint density at radius 1 is 1.32 bits per heavy atom. The summed E-state index contributed by atoms with van der Waals surface area (Å²) >= 11 is 0. The van der Waals surface area contributed by atoms with Gasteiger partial charge in [0.15, 0.2) is 11.6 Å². The van der Waals surface area contributed by atoms with E-state index in [1.807, 2.05) is 11.5 Å². The molecule has 1 atom stereocenters. The number of alkyl carbamates (subject to hydrolysis) is 1. The maximum Gasteiger partial charge on any atom is 0.407 e. The third-order valence-corrected chi connectivity index (χ3v) is 4.40. The van der Waals surface area contributed by atoms with Crippen LogP contribution < -0.4 is 5.32 Å². The van der Waals surface area contributed by atoms with Gasteiger partial charge < -0.3 is 14.6 Å². The summed E-state index contributed by atoms with van der Waals surface area (Å²) in [6, 6.07) is 2.57. The maximum atomic E-state index is 14.3. The number of aryl methyl sites for hydroxylation is 1. The Bertz CT molecular complexity index is 821. The molecule has 1 aliphatic carbocycles. The number of carbonyl (C=O) groups excluding carboxylic acids is 1. The summed E-state index contributed by atoms with van der Waals surface area (Å²) in [6.07, 6.45) is 2.05. The van der Waals surface area contributed by atoms with E-state index >= 15 is 0 Å². The summed E-state index contributed by atoms with van der Waals surface area (Å²) in [7, 11) is 0. The quantitative estimate of drug-likeness (QED) is 0.896. The molecule has 1 aliphatic rings. The first-order chi connectivity index (χ1) is 11.7. The van der Waals surface area contributed by atoms with Crippen LogP contribution in [0.3, 0.4) is 0 Å². The summed E-state index contributed by atoms with van der Waals surface area (Å²) in [5.74, 6) is -1.60. The fourth-order valence-corrected chi connectivity index (χ4v) is 3.53. The molecule has 0 saturated heterocycles. The summed E-state index contributed by atoms with van der Waals surface area (Å²) in [5, 5.41) is 3.19. The van der Waals surface area contributed by atoms with E-state index in [0.29, 0.717) is 17.4 Å². The zero-order chi connectivity index (χ0) is 18.4. The van der Waals surface area contributed by atoms with Crippen LogP contribution in [0.2, 0.25) is 0 Å². The van der Waals surface area contributed by atoms with Gasteiger partial charge in [-0.1, -0.05) is 0 Å². The molecule has 3 rings (SSSR count). The molecular formula is C19H24F2N2O2. The molecule has 6 heteroatoms. The molecule has 1 heterocycles. The van der Waals surface area contributed by atoms with Crippen molar-refractivity contribution in [1.29, 1.82) is 0 Å². The third-order valence-electron chi connectivity index (χ3n) is 4.40. The number of hydrogen-bond acceptors (Lipinski definition) is 2. The van der Waals surface area contributed by atoms with Crippen LogP contribution >= 0.6 is 0 Å². The topological polar surface area (TPSA) is 43.3 Å². The van der Waals surface area contributed by atoms with E-state index in [-0.39, 0.29) is 6.04 Å². The fourth-order valence-electron chi connectivity index (χ4n) is 3.53. The Morgan fingerprint density at radius 3 is 2.72 bits per heavy atom. The lowest BCUT2D eigenvalue weighted by molar-refractivity contribution is 0.0504. The van der Waals surface area contributed by atoms with Gasteiger partial charge in [0, 0.05) is 23.7 Å². The molecular weight excluding hydrogens is 326 g/mol. The standard InChI is InChI=1S/C19H24F2N2O2/c1-11(22-18(24)25-19(2,3)4)10-23-14-7-5-6-12(14)16-15(23)9-8-13(20)17(16)21/h8-9,11H,5-7,10H2,1-4H3,(H,22,24)/t11-/m0/s1. The van der Waals surface area contributed by atoms with Gasteiger partial charge in [-0.3, -0.25) is 0 Å². The predicted octanol–water partition coefficient (Wildman–Crippen LogP) is 4.32. The molecule has 0 fully saturated rings. The molecule has 2 aromatic rings. The molecule has 0 spiro atoms. The second kappa shape index (κ2) is 6.32. The highest BCUT2D eigenvalue weighted by molar-refractivity contribution is 5.87. The van der Waals surface area contributed by atoms with Crippen LogP contribution in [0.15, 0.2) is 12.1 Å². The lowest BCUT2D eigenvalue weighted by Crippen LogP contribution is -2.39. The second-order valence-electron chi connectivity index (χ2n) is 7.69. The average Bonchev–Trinajstić information content (AvgIpc) is 3.03. The van der Waals surface area contributed by atoms with Gasteiger partial charge in [0.25, 0.3) is 0 Å². The lowest BCUT2D eigenvalue weighted by Gasteiger charge is -2.23. The number of amides is 1. The maximum absolute atomic E-state index is 14.3. The Labute approximate surface area is 146 Å². The lowest BCUT2D eigenvalue weighted by atomic mass is 10.1. The van der Waals surface area contributed by atoms with Crippen molar-refractivity contribution in [3.8, 4) is 0 Å². The van der Waals surface area contributed by atoms with Crippen molar-refractivity contribution in [1.82, 2.24) is 9.88 Å². The van der Waals surface area contributed by atoms with Crippen LogP contribution in [0.4, 0.5) is 13.6 Å². The van der Waals surface area contributed by atoms with Crippen LogP contribution in [0.25, 0.3) is 10.9 Å². The van der Waals surface area contributed by atoms with E-state index in [9.17, 15) is 13.6 Å². The van der Waals surface area contributed by atoms with E-state index in [2.05, 4.69) is 5.32 Å². The van der Waals surface area contributed by atoms with E-state index < -0.39 is 23.3 Å². The number of benzene rings is 1. The molecule has 0 unspecified atom stereocenters. The number of nitrogens with one attached hydrogen (secondary N) is 1. The van der Waals surface area contributed by atoms with Gasteiger partial charge in [0.1, 0.15) is 5.60 Å². The fraction of sp³-hybridized carbons (Fsp3) is 0.526. The first-order valence-corrected chi connectivity index (χ1v) is 8.65. The first-order valence-electron chi connectivity index (χ1n) is 8.65. The van der Waals surface area contributed by atoms with Gasteiger partial charge in [-0.25, -0.2) is 13.6 Å². The van der Waals surface area contributed by atoms with Crippen molar-refractivity contribution in [2.45, 2.75) is 65.1 Å². The monoisotopic (exact) mass is 350 g/mol. The minimum absolute atomic E-state index is 0.205. The minimum atomic E-state index is -0.820. The minimum Gasteiger partial charge on any atom is -0.444 e. The number of hydrogen-bond donors (Lipinski definition) is 1. The molecule has 25 heavy (non-hydrogen) atoms. The molecule has 4 nitrogen and oxygen atoms in total. The highest BCUT2D eigenvalue weighted by Crippen LogP contribution is 2.35. The molecule has 1 N–H and O–H groups in total. The van der Waals surface area contributed by atoms with Crippen LogP contribution in [0.1, 0.15) is 45.4 Å². The average molecular weight is 350 g/mol. The van der Waals surface area contributed by atoms with Crippen molar-refractivity contribution < 1.29 is 18.3 Å². The predicted molar refractivity (Wildman–Crippen MR) is 92.7 cm³/mol. The normalized spacial score (nSPS) is 15.3. The highest BCUT2D eigenvalue weighted by atomic mass is 19.2. The number of fused-ring (bicyclic) bond motifs is 3. The Morgan fingerprint density at radius 2 is 2.04 bits per heavy atom. The van der Waals surface area contributed by atoms with Crippen molar-refractivity contribution in [3.63, 3.8) is 0 Å². The Balaban J connectivity index is 1.87. The smallest absolute Gasteiger partial charge is 0.407 e. The third kappa shape index (κ3) is 3.48. The van der Waals surface area contributed by atoms with Crippen LogP contribution in [-0.4, -0.2) is 22.3 Å². The number of carbonyl (C=O) groups is 1. The van der Waals surface area contributed by atoms with E-state index in [1.165, 1.54) is 0 Å². The van der Waals surface area contributed by atoms with Gasteiger partial charge in [-0.2, -0.15) is 0 Å². The van der Waals surface area contributed by atoms with E-state index in [1.54, 1.807) is 26.8 Å². The van der Waals surface area contributed by atoms with Crippen molar-refractivity contribution in [3.05, 3.63) is 35.0 Å². The van der Waals surface area contributed by atoms with E-state index in [4.69, 9.17) is 4.74 Å². The van der Waals surface area contributed by atoms with Crippen LogP contribution in [0, 0.1) is 11.6 Å². The summed E-state index contributed by atoms with van der Waals surface area (Å²) in [4.78, 5) is 11.9. The molecule has 1 aromatic carbocycles. The molecule has 136 valence electrons. The van der Waals surface area contributed by atoms with Gasteiger partial charge >= 0.3 is 6.09 Å². The molecule has 0 aliphatic heterocycles. The number of rotatable bonds is 3. The first kappa shape index (κ1) is 17.7. The molecule has 1 aromatic heterocycles. The number of aromatic nitrogens is 1. The molecule has 0 saturated carbocycles. The largest absolute Gasteiger partial charge is 0.444 e. The Hall–Kier alpha value is -2.11. The number of nitrogens with zero attached hydrogens (tertiary/aromatic N) is 1. The number of halogens is 2. The SMILES string of the molecule is C[C@@H](Cn1c2c(c3c(F)c(F)ccc31)CCC2)NC(=O)OC(C)(C)C. The van der Waals surface area contributed by atoms with Gasteiger partial charge in [0.2, 0.25) is 0 Å². The summed E-state index contributed by atoms with van der Waals surface area (Å²) in [5.41, 5.74) is 2.06. The number of ether oxygens (including phenoxy) is 1. The van der Waals surface area contributed by atoms with Crippen LogP contribution in [0.5, 0.6) is 0 Å². The zero-order valence-electron chi connectivity index (χ0n) is 15.1. The van der Waals surface area contributed by atoms with Crippen molar-refractivity contribution >= 4 is 17.0 Å². The summed E-state index contributed by atoms with van der Waals surface area (Å²) < 4.78 is 35.3. The molecule has 1 amide bonds. The van der Waals surface area contributed by atoms with Gasteiger partial charge in [-0.15, -0.1) is 0 Å². The Kier molecular flexibility index (Phi) is 4.47. The zero-order valence-corrected chi connectivity index (χ0v) is 15.1.